The van der Waals surface area contributed by atoms with Crippen molar-refractivity contribution in [2.24, 2.45) is 0 Å². The molecule has 0 radical (unpaired) electrons. The van der Waals surface area contributed by atoms with Crippen LogP contribution in [0.25, 0.3) is 0 Å². The number of nitrogens with one attached hydrogen (secondary N) is 1. The highest BCUT2D eigenvalue weighted by Crippen LogP contribution is 2.06. The highest BCUT2D eigenvalue weighted by molar-refractivity contribution is 5.72. The van der Waals surface area contributed by atoms with Crippen LogP contribution in [0.5, 0.6) is 0 Å². The van der Waals surface area contributed by atoms with E-state index in [0.29, 0.717) is 0 Å². The van der Waals surface area contributed by atoms with Crippen LogP contribution in [0.1, 0.15) is 27.7 Å². The van der Waals surface area contributed by atoms with E-state index in [-0.39, 0.29) is 12.5 Å². The number of carbonyl (C=O) groups excluding carboxylic acids is 1. The van der Waals surface area contributed by atoms with Crippen molar-refractivity contribution in [2.75, 3.05) is 6.54 Å². The summed E-state index contributed by atoms with van der Waals surface area (Å²) in [6, 6.07) is 0. The van der Waals surface area contributed by atoms with Gasteiger partial charge >= 0.3 is 5.97 Å². The maximum Gasteiger partial charge on any atom is 0.325 e. The Bertz CT molecular complexity index is 179. The van der Waals surface area contributed by atoms with E-state index in [9.17, 15) is 4.79 Å². The third kappa shape index (κ3) is 7.12. The van der Waals surface area contributed by atoms with Crippen LogP contribution < -0.4 is 5.32 Å². The van der Waals surface area contributed by atoms with Crippen molar-refractivity contribution in [2.45, 2.75) is 33.3 Å². The van der Waals surface area contributed by atoms with Gasteiger partial charge in [0.15, 0.2) is 0 Å². The lowest BCUT2D eigenvalue weighted by Gasteiger charge is -2.19. The number of rotatable bonds is 3. The minimum atomic E-state index is -0.409. The summed E-state index contributed by atoms with van der Waals surface area (Å²) < 4.78 is 5.05. The molecule has 3 heteroatoms. The molecule has 0 aliphatic rings. The first-order valence-electron chi connectivity index (χ1n) is 3.92. The molecule has 0 fully saturated rings. The molecule has 12 heavy (non-hydrogen) atoms. The Morgan fingerprint density at radius 2 is 2.00 bits per heavy atom. The van der Waals surface area contributed by atoms with Crippen molar-refractivity contribution in [3.8, 4) is 0 Å². The standard InChI is InChI=1S/C9H17NO2/c1-7(2)10-6-8(11)12-9(3,4)5/h10H,1,6H2,2-5H3. The minimum Gasteiger partial charge on any atom is -0.459 e. The molecule has 0 aromatic heterocycles. The van der Waals surface area contributed by atoms with Gasteiger partial charge in [-0.15, -0.1) is 0 Å². The molecule has 0 spiro atoms. The van der Waals surface area contributed by atoms with Gasteiger partial charge in [-0.25, -0.2) is 0 Å². The third-order valence-electron chi connectivity index (χ3n) is 0.955. The second-order valence-electron chi connectivity index (χ2n) is 3.72. The van der Waals surface area contributed by atoms with Crippen LogP contribution in [-0.2, 0) is 9.53 Å². The number of carbonyl (C=O) groups is 1. The van der Waals surface area contributed by atoms with Crippen LogP contribution in [0.15, 0.2) is 12.3 Å². The fourth-order valence-electron chi connectivity index (χ4n) is 0.601. The summed E-state index contributed by atoms with van der Waals surface area (Å²) in [5.74, 6) is -0.259. The molecule has 0 rings (SSSR count). The van der Waals surface area contributed by atoms with Crippen molar-refractivity contribution in [1.82, 2.24) is 5.32 Å². The molecule has 0 amide bonds. The van der Waals surface area contributed by atoms with Crippen LogP contribution in [0.2, 0.25) is 0 Å². The molecule has 0 aromatic carbocycles. The summed E-state index contributed by atoms with van der Waals surface area (Å²) in [5.41, 5.74) is 0.356. The van der Waals surface area contributed by atoms with Gasteiger partial charge in [0, 0.05) is 5.70 Å². The van der Waals surface area contributed by atoms with E-state index < -0.39 is 5.60 Å². The normalized spacial score (nSPS) is 10.7. The molecule has 0 saturated carbocycles. The Kier molecular flexibility index (Phi) is 3.80. The second-order valence-corrected chi connectivity index (χ2v) is 3.72. The Morgan fingerprint density at radius 1 is 1.50 bits per heavy atom. The van der Waals surface area contributed by atoms with Crippen molar-refractivity contribution in [1.29, 1.82) is 0 Å². The summed E-state index contributed by atoms with van der Waals surface area (Å²) in [6.45, 7) is 11.1. The third-order valence-corrected chi connectivity index (χ3v) is 0.955. The average molecular weight is 171 g/mol. The fraction of sp³-hybridized carbons (Fsp3) is 0.667. The highest BCUT2D eigenvalue weighted by atomic mass is 16.6. The first-order chi connectivity index (χ1) is 5.31. The minimum absolute atomic E-state index is 0.187. The van der Waals surface area contributed by atoms with E-state index >= 15 is 0 Å². The van der Waals surface area contributed by atoms with Crippen molar-refractivity contribution in [3.63, 3.8) is 0 Å². The Hall–Kier alpha value is -0.990. The number of hydrogen-bond acceptors (Lipinski definition) is 3. The maximum atomic E-state index is 11.0. The number of allylic oxidation sites excluding steroid dienone is 1. The van der Waals surface area contributed by atoms with Gasteiger partial charge in [0.25, 0.3) is 0 Å². The maximum absolute atomic E-state index is 11.0. The molecular formula is C9H17NO2. The second kappa shape index (κ2) is 4.14. The molecule has 0 saturated heterocycles. The van der Waals surface area contributed by atoms with Gasteiger partial charge in [-0.3, -0.25) is 4.79 Å². The van der Waals surface area contributed by atoms with Gasteiger partial charge in [0.2, 0.25) is 0 Å². The lowest BCUT2D eigenvalue weighted by Crippen LogP contribution is -2.30. The summed E-state index contributed by atoms with van der Waals surface area (Å²) in [4.78, 5) is 11.0. The van der Waals surface area contributed by atoms with Crippen LogP contribution in [-0.4, -0.2) is 18.1 Å². The van der Waals surface area contributed by atoms with Crippen LogP contribution in [0, 0.1) is 0 Å². The summed E-state index contributed by atoms with van der Waals surface area (Å²) in [6.07, 6.45) is 0. The van der Waals surface area contributed by atoms with Crippen LogP contribution >= 0.6 is 0 Å². The quantitative estimate of drug-likeness (QED) is 0.653. The number of hydrogen-bond donors (Lipinski definition) is 1. The Labute approximate surface area is 73.8 Å². The Morgan fingerprint density at radius 3 is 2.33 bits per heavy atom. The van der Waals surface area contributed by atoms with Crippen LogP contribution in [0.3, 0.4) is 0 Å². The van der Waals surface area contributed by atoms with E-state index in [1.165, 1.54) is 0 Å². The van der Waals surface area contributed by atoms with Gasteiger partial charge in [0.05, 0.1) is 0 Å². The van der Waals surface area contributed by atoms with E-state index in [0.717, 1.165) is 5.70 Å². The summed E-state index contributed by atoms with van der Waals surface area (Å²) in [5, 5.41) is 2.80. The largest absolute Gasteiger partial charge is 0.459 e. The topological polar surface area (TPSA) is 38.3 Å². The summed E-state index contributed by atoms with van der Waals surface area (Å²) in [7, 11) is 0. The lowest BCUT2D eigenvalue weighted by molar-refractivity contribution is -0.153. The molecule has 0 unspecified atom stereocenters. The van der Waals surface area contributed by atoms with E-state index in [2.05, 4.69) is 11.9 Å². The molecular weight excluding hydrogens is 154 g/mol. The van der Waals surface area contributed by atoms with Crippen LogP contribution in [0.4, 0.5) is 0 Å². The molecule has 0 bridgehead atoms. The first-order valence-corrected chi connectivity index (χ1v) is 3.92. The smallest absolute Gasteiger partial charge is 0.325 e. The van der Waals surface area contributed by atoms with Gasteiger partial charge < -0.3 is 10.1 Å². The zero-order valence-corrected chi connectivity index (χ0v) is 8.23. The van der Waals surface area contributed by atoms with Gasteiger partial charge in [-0.1, -0.05) is 6.58 Å². The van der Waals surface area contributed by atoms with E-state index in [4.69, 9.17) is 4.74 Å². The first kappa shape index (κ1) is 11.0. The van der Waals surface area contributed by atoms with Gasteiger partial charge in [-0.2, -0.15) is 0 Å². The molecule has 0 heterocycles. The highest BCUT2D eigenvalue weighted by Gasteiger charge is 2.15. The molecule has 0 aromatic rings. The molecule has 0 aliphatic heterocycles. The van der Waals surface area contributed by atoms with Crippen molar-refractivity contribution >= 4 is 5.97 Å². The molecule has 0 atom stereocenters. The Balaban J connectivity index is 3.68. The predicted octanol–water partition coefficient (Wildman–Crippen LogP) is 1.45. The number of esters is 1. The van der Waals surface area contributed by atoms with Gasteiger partial charge in [-0.05, 0) is 27.7 Å². The zero-order valence-electron chi connectivity index (χ0n) is 8.23. The van der Waals surface area contributed by atoms with Gasteiger partial charge in [0.1, 0.15) is 12.1 Å². The zero-order chi connectivity index (χ0) is 9.78. The van der Waals surface area contributed by atoms with E-state index in [1.807, 2.05) is 20.8 Å². The monoisotopic (exact) mass is 171 g/mol. The molecule has 70 valence electrons. The predicted molar refractivity (Wildman–Crippen MR) is 48.7 cm³/mol. The molecule has 3 nitrogen and oxygen atoms in total. The van der Waals surface area contributed by atoms with Crippen molar-refractivity contribution < 1.29 is 9.53 Å². The SMILES string of the molecule is C=C(C)NCC(=O)OC(C)(C)C. The summed E-state index contributed by atoms with van der Waals surface area (Å²) >= 11 is 0. The van der Waals surface area contributed by atoms with Crippen molar-refractivity contribution in [3.05, 3.63) is 12.3 Å². The molecule has 0 aliphatic carbocycles. The fourth-order valence-corrected chi connectivity index (χ4v) is 0.601. The molecule has 1 N–H and O–H groups in total. The lowest BCUT2D eigenvalue weighted by atomic mass is 10.2. The number of ether oxygens (including phenoxy) is 1. The van der Waals surface area contributed by atoms with E-state index in [1.54, 1.807) is 6.92 Å². The average Bonchev–Trinajstić information content (AvgIpc) is 1.79.